The Balaban J connectivity index is 1.48. The van der Waals surface area contributed by atoms with Crippen molar-refractivity contribution in [3.8, 4) is 16.8 Å². The highest BCUT2D eigenvalue weighted by molar-refractivity contribution is 6.11. The molecule has 1 aliphatic rings. The van der Waals surface area contributed by atoms with E-state index in [-0.39, 0.29) is 5.41 Å². The number of benzene rings is 5. The lowest BCUT2D eigenvalue weighted by atomic mass is 9.82. The number of allylic oxidation sites excluding steroid dienone is 5. The van der Waals surface area contributed by atoms with E-state index in [1.807, 2.05) is 6.08 Å². The first-order valence-corrected chi connectivity index (χ1v) is 13.7. The zero-order valence-corrected chi connectivity index (χ0v) is 22.7. The minimum Gasteiger partial charge on any atom is -0.309 e. The number of rotatable bonds is 3. The Bertz CT molecular complexity index is 2000. The molecule has 0 N–H and O–H groups in total. The van der Waals surface area contributed by atoms with E-state index in [2.05, 4.69) is 147 Å². The summed E-state index contributed by atoms with van der Waals surface area (Å²) in [6.07, 6.45) is 6.32. The molecule has 1 aromatic heterocycles. The van der Waals surface area contributed by atoms with Crippen LogP contribution in [-0.4, -0.2) is 4.57 Å². The van der Waals surface area contributed by atoms with Gasteiger partial charge in [0.25, 0.3) is 0 Å². The first kappa shape index (κ1) is 23.5. The average molecular weight is 502 g/mol. The molecule has 0 saturated carbocycles. The Kier molecular flexibility index (Phi) is 5.25. The molecule has 6 aromatic rings. The molecule has 0 unspecified atom stereocenters. The Morgan fingerprint density at radius 2 is 1.38 bits per heavy atom. The van der Waals surface area contributed by atoms with Gasteiger partial charge in [0.05, 0.1) is 16.7 Å². The van der Waals surface area contributed by atoms with Crippen LogP contribution in [0.5, 0.6) is 0 Å². The van der Waals surface area contributed by atoms with E-state index in [0.29, 0.717) is 0 Å². The molecule has 1 heteroatoms. The standard InChI is InChI=1S/C38H31N/c1-5-12-33-28(6-2)32-23-26(20-22-34(32)38(33,3)4)27-19-21-31-30-16-9-10-17-36(30)39(37(31)24-27)35-18-11-14-25-13-7-8-15-29(25)35/h5-24H,1H2,2-4H3/b28-6-,33-12?. The molecule has 39 heavy (non-hydrogen) atoms. The van der Waals surface area contributed by atoms with E-state index in [0.717, 1.165) is 0 Å². The SMILES string of the molecule is C=CC=C1/C(=C\C)c2cc(-c3ccc4c5ccccc5n(-c5cccc6ccccc56)c4c3)ccc2C1(C)C. The number of para-hydroxylation sites is 1. The maximum Gasteiger partial charge on any atom is 0.0547 e. The third kappa shape index (κ3) is 3.40. The van der Waals surface area contributed by atoms with Crippen molar-refractivity contribution in [1.29, 1.82) is 0 Å². The van der Waals surface area contributed by atoms with Crippen LogP contribution in [0.3, 0.4) is 0 Å². The molecule has 0 saturated heterocycles. The molecule has 1 aliphatic carbocycles. The van der Waals surface area contributed by atoms with E-state index in [9.17, 15) is 0 Å². The molecule has 1 heterocycles. The summed E-state index contributed by atoms with van der Waals surface area (Å²) in [6, 6.07) is 37.9. The van der Waals surface area contributed by atoms with Crippen molar-refractivity contribution >= 4 is 38.2 Å². The maximum absolute atomic E-state index is 3.98. The van der Waals surface area contributed by atoms with Crippen LogP contribution in [-0.2, 0) is 5.41 Å². The summed E-state index contributed by atoms with van der Waals surface area (Å²) < 4.78 is 2.44. The lowest BCUT2D eigenvalue weighted by molar-refractivity contribution is 0.661. The van der Waals surface area contributed by atoms with Gasteiger partial charge < -0.3 is 4.57 Å². The zero-order chi connectivity index (χ0) is 26.7. The van der Waals surface area contributed by atoms with Crippen molar-refractivity contribution in [1.82, 2.24) is 4.57 Å². The van der Waals surface area contributed by atoms with Crippen LogP contribution in [0, 0.1) is 0 Å². The smallest absolute Gasteiger partial charge is 0.0547 e. The van der Waals surface area contributed by atoms with Crippen molar-refractivity contribution < 1.29 is 0 Å². The van der Waals surface area contributed by atoms with E-state index in [4.69, 9.17) is 0 Å². The van der Waals surface area contributed by atoms with Gasteiger partial charge in [0.15, 0.2) is 0 Å². The summed E-state index contributed by atoms with van der Waals surface area (Å²) in [6.45, 7) is 10.7. The second-order valence-corrected chi connectivity index (χ2v) is 11.0. The number of nitrogens with zero attached hydrogens (tertiary/aromatic N) is 1. The van der Waals surface area contributed by atoms with Crippen LogP contribution in [0.2, 0.25) is 0 Å². The first-order chi connectivity index (χ1) is 19.0. The van der Waals surface area contributed by atoms with Crippen molar-refractivity contribution in [2.45, 2.75) is 26.2 Å². The summed E-state index contributed by atoms with van der Waals surface area (Å²) in [7, 11) is 0. The Morgan fingerprint density at radius 1 is 0.692 bits per heavy atom. The maximum atomic E-state index is 3.98. The van der Waals surface area contributed by atoms with Crippen molar-refractivity contribution in [2.75, 3.05) is 0 Å². The normalized spacial score (nSPS) is 16.5. The lowest BCUT2D eigenvalue weighted by Crippen LogP contribution is -2.14. The molecule has 0 spiro atoms. The minimum absolute atomic E-state index is 0.0470. The average Bonchev–Trinajstić information content (AvgIpc) is 3.40. The van der Waals surface area contributed by atoms with Crippen LogP contribution < -0.4 is 0 Å². The molecule has 5 aromatic carbocycles. The topological polar surface area (TPSA) is 4.93 Å². The minimum atomic E-state index is -0.0470. The summed E-state index contributed by atoms with van der Waals surface area (Å²) >= 11 is 0. The highest BCUT2D eigenvalue weighted by atomic mass is 15.0. The van der Waals surface area contributed by atoms with Crippen LogP contribution in [0.15, 0.2) is 134 Å². The van der Waals surface area contributed by atoms with Gasteiger partial charge in [-0.15, -0.1) is 0 Å². The van der Waals surface area contributed by atoms with Gasteiger partial charge >= 0.3 is 0 Å². The quantitative estimate of drug-likeness (QED) is 0.227. The third-order valence-corrected chi connectivity index (χ3v) is 8.53. The molecular weight excluding hydrogens is 470 g/mol. The molecular formula is C38H31N. The fourth-order valence-electron chi connectivity index (χ4n) is 6.66. The fraction of sp³-hybridized carbons (Fsp3) is 0.105. The molecule has 0 bridgehead atoms. The highest BCUT2D eigenvalue weighted by Gasteiger charge is 2.37. The van der Waals surface area contributed by atoms with Gasteiger partial charge in [-0.1, -0.05) is 118 Å². The van der Waals surface area contributed by atoms with Crippen LogP contribution in [0.4, 0.5) is 0 Å². The molecule has 0 amide bonds. The Labute approximate surface area is 230 Å². The van der Waals surface area contributed by atoms with Gasteiger partial charge in [0, 0.05) is 21.6 Å². The van der Waals surface area contributed by atoms with Crippen molar-refractivity contribution in [3.63, 3.8) is 0 Å². The monoisotopic (exact) mass is 501 g/mol. The number of fused-ring (bicyclic) bond motifs is 5. The lowest BCUT2D eigenvalue weighted by Gasteiger charge is -2.21. The molecule has 1 nitrogen and oxygen atoms in total. The van der Waals surface area contributed by atoms with Gasteiger partial charge in [0.1, 0.15) is 0 Å². The van der Waals surface area contributed by atoms with Gasteiger partial charge in [-0.3, -0.25) is 0 Å². The predicted octanol–water partition coefficient (Wildman–Crippen LogP) is 10.4. The third-order valence-electron chi connectivity index (χ3n) is 8.53. The molecule has 7 rings (SSSR count). The van der Waals surface area contributed by atoms with E-state index in [1.165, 1.54) is 71.7 Å². The molecule has 0 fully saturated rings. The molecule has 0 aliphatic heterocycles. The number of hydrogen-bond donors (Lipinski definition) is 0. The largest absolute Gasteiger partial charge is 0.309 e. The molecule has 0 radical (unpaired) electrons. The summed E-state index contributed by atoms with van der Waals surface area (Å²) in [5.74, 6) is 0. The van der Waals surface area contributed by atoms with Gasteiger partial charge in [-0.05, 0) is 70.0 Å². The van der Waals surface area contributed by atoms with Gasteiger partial charge in [0.2, 0.25) is 0 Å². The summed E-state index contributed by atoms with van der Waals surface area (Å²) in [4.78, 5) is 0. The molecule has 0 atom stereocenters. The van der Waals surface area contributed by atoms with Crippen molar-refractivity contribution in [2.24, 2.45) is 0 Å². The number of aromatic nitrogens is 1. The Morgan fingerprint density at radius 3 is 2.21 bits per heavy atom. The molecule has 188 valence electrons. The van der Waals surface area contributed by atoms with Gasteiger partial charge in [-0.2, -0.15) is 0 Å². The second-order valence-electron chi connectivity index (χ2n) is 11.0. The zero-order valence-electron chi connectivity index (χ0n) is 22.7. The summed E-state index contributed by atoms with van der Waals surface area (Å²) in [5, 5.41) is 5.06. The van der Waals surface area contributed by atoms with Crippen LogP contribution in [0.25, 0.3) is 55.0 Å². The number of hydrogen-bond acceptors (Lipinski definition) is 0. The van der Waals surface area contributed by atoms with E-state index < -0.39 is 0 Å². The second kappa shape index (κ2) is 8.71. The van der Waals surface area contributed by atoms with Gasteiger partial charge in [-0.25, -0.2) is 0 Å². The predicted molar refractivity (Wildman–Crippen MR) is 169 cm³/mol. The fourth-order valence-corrected chi connectivity index (χ4v) is 6.66. The van der Waals surface area contributed by atoms with E-state index >= 15 is 0 Å². The van der Waals surface area contributed by atoms with Crippen molar-refractivity contribution in [3.05, 3.63) is 145 Å². The van der Waals surface area contributed by atoms with E-state index in [1.54, 1.807) is 0 Å². The Hall–Kier alpha value is -4.62. The van der Waals surface area contributed by atoms with Crippen LogP contribution in [0.1, 0.15) is 31.9 Å². The highest BCUT2D eigenvalue weighted by Crippen LogP contribution is 2.50. The first-order valence-electron chi connectivity index (χ1n) is 13.7. The van der Waals surface area contributed by atoms with Crippen LogP contribution >= 0.6 is 0 Å². The summed E-state index contributed by atoms with van der Waals surface area (Å²) in [5.41, 5.74) is 11.4.